The summed E-state index contributed by atoms with van der Waals surface area (Å²) in [5.41, 5.74) is 4.41. The number of fused-ring (bicyclic) bond motifs is 3. The summed E-state index contributed by atoms with van der Waals surface area (Å²) >= 11 is 0. The molecule has 3 aromatic carbocycles. The molecule has 0 bridgehead atoms. The van der Waals surface area contributed by atoms with Gasteiger partial charge in [-0.15, -0.1) is 0 Å². The van der Waals surface area contributed by atoms with Crippen LogP contribution in [0.5, 0.6) is 0 Å². The summed E-state index contributed by atoms with van der Waals surface area (Å²) in [6, 6.07) is 22.9. The number of benzene rings is 3. The maximum absolute atomic E-state index is 6.21. The Hall–Kier alpha value is -2.56. The first kappa shape index (κ1) is 17.5. The van der Waals surface area contributed by atoms with Gasteiger partial charge < -0.3 is 13.7 Å². The molecule has 0 atom stereocenters. The summed E-state index contributed by atoms with van der Waals surface area (Å²) in [5.74, 6) is 0. The van der Waals surface area contributed by atoms with Crippen LogP contribution in [0.4, 0.5) is 0 Å². The van der Waals surface area contributed by atoms with Gasteiger partial charge in [-0.3, -0.25) is 0 Å². The molecule has 1 aliphatic heterocycles. The zero-order chi connectivity index (χ0) is 19.5. The molecular weight excluding hydrogens is 347 g/mol. The fourth-order valence-electron chi connectivity index (χ4n) is 3.73. The summed E-state index contributed by atoms with van der Waals surface area (Å²) in [6.45, 7) is 8.29. The number of hydrogen-bond acceptors (Lipinski definition) is 3. The monoisotopic (exact) mass is 370 g/mol. The van der Waals surface area contributed by atoms with Crippen molar-refractivity contribution in [2.45, 2.75) is 38.9 Å². The SMILES string of the molecule is CC1(C)OB(c2ccc3oc4cc(-c5ccccc5)ccc4c3c2)OC1(C)C. The van der Waals surface area contributed by atoms with Gasteiger partial charge in [-0.2, -0.15) is 0 Å². The molecule has 5 rings (SSSR count). The Kier molecular flexibility index (Phi) is 3.74. The zero-order valence-corrected chi connectivity index (χ0v) is 16.7. The highest BCUT2D eigenvalue weighted by molar-refractivity contribution is 6.62. The highest BCUT2D eigenvalue weighted by Crippen LogP contribution is 2.37. The van der Waals surface area contributed by atoms with Crippen LogP contribution >= 0.6 is 0 Å². The number of hydrogen-bond donors (Lipinski definition) is 0. The van der Waals surface area contributed by atoms with E-state index in [1.54, 1.807) is 0 Å². The van der Waals surface area contributed by atoms with Crippen LogP contribution in [0.3, 0.4) is 0 Å². The van der Waals surface area contributed by atoms with E-state index in [9.17, 15) is 0 Å². The first-order chi connectivity index (χ1) is 13.3. The summed E-state index contributed by atoms with van der Waals surface area (Å²) in [5, 5.41) is 2.19. The molecule has 1 aromatic heterocycles. The molecular formula is C24H23BO3. The molecule has 3 nitrogen and oxygen atoms in total. The van der Waals surface area contributed by atoms with E-state index in [2.05, 4.69) is 76.2 Å². The van der Waals surface area contributed by atoms with Crippen LogP contribution in [0.25, 0.3) is 33.1 Å². The maximum atomic E-state index is 6.21. The Balaban J connectivity index is 1.58. The molecule has 2 heterocycles. The van der Waals surface area contributed by atoms with Gasteiger partial charge in [0.25, 0.3) is 0 Å². The van der Waals surface area contributed by atoms with E-state index in [1.807, 2.05) is 18.2 Å². The fraction of sp³-hybridized carbons (Fsp3) is 0.250. The van der Waals surface area contributed by atoms with Gasteiger partial charge in [-0.1, -0.05) is 48.5 Å². The van der Waals surface area contributed by atoms with Crippen molar-refractivity contribution < 1.29 is 13.7 Å². The van der Waals surface area contributed by atoms with Crippen molar-refractivity contribution in [2.24, 2.45) is 0 Å². The molecule has 1 saturated heterocycles. The summed E-state index contributed by atoms with van der Waals surface area (Å²) in [6.07, 6.45) is 0. The Morgan fingerprint density at radius 1 is 0.643 bits per heavy atom. The standard InChI is InChI=1S/C24H23BO3/c1-23(2)24(3,4)28-25(27-23)18-11-13-21-20(15-18)19-12-10-17(14-22(19)26-21)16-8-6-5-7-9-16/h5-15H,1-4H3. The van der Waals surface area contributed by atoms with Crippen molar-refractivity contribution in [3.05, 3.63) is 66.7 Å². The van der Waals surface area contributed by atoms with E-state index in [-0.39, 0.29) is 18.3 Å². The molecule has 0 aliphatic carbocycles. The Bertz CT molecular complexity index is 1160. The van der Waals surface area contributed by atoms with Gasteiger partial charge in [-0.25, -0.2) is 0 Å². The molecule has 4 aromatic rings. The number of rotatable bonds is 2. The predicted octanol–water partition coefficient (Wildman–Crippen LogP) is 5.55. The van der Waals surface area contributed by atoms with Gasteiger partial charge in [0.05, 0.1) is 11.2 Å². The number of furan rings is 1. The second-order valence-electron chi connectivity index (χ2n) is 8.52. The molecule has 0 amide bonds. The quantitative estimate of drug-likeness (QED) is 0.434. The lowest BCUT2D eigenvalue weighted by atomic mass is 9.78. The van der Waals surface area contributed by atoms with Crippen LogP contribution in [0.2, 0.25) is 0 Å². The van der Waals surface area contributed by atoms with E-state index < -0.39 is 0 Å². The summed E-state index contributed by atoms with van der Waals surface area (Å²) in [4.78, 5) is 0. The minimum Gasteiger partial charge on any atom is -0.456 e. The molecule has 28 heavy (non-hydrogen) atoms. The molecule has 140 valence electrons. The van der Waals surface area contributed by atoms with Crippen molar-refractivity contribution in [3.63, 3.8) is 0 Å². The second-order valence-corrected chi connectivity index (χ2v) is 8.52. The van der Waals surface area contributed by atoms with Crippen molar-refractivity contribution in [3.8, 4) is 11.1 Å². The van der Waals surface area contributed by atoms with Crippen LogP contribution < -0.4 is 5.46 Å². The van der Waals surface area contributed by atoms with Gasteiger partial charge in [0.15, 0.2) is 0 Å². The zero-order valence-electron chi connectivity index (χ0n) is 16.7. The smallest absolute Gasteiger partial charge is 0.456 e. The first-order valence-electron chi connectivity index (χ1n) is 9.71. The minimum atomic E-state index is -0.372. The van der Waals surface area contributed by atoms with Crippen molar-refractivity contribution >= 4 is 34.5 Å². The summed E-state index contributed by atoms with van der Waals surface area (Å²) < 4.78 is 18.6. The Morgan fingerprint density at radius 2 is 1.36 bits per heavy atom. The van der Waals surface area contributed by atoms with Gasteiger partial charge in [-0.05, 0) is 62.5 Å². The van der Waals surface area contributed by atoms with Gasteiger partial charge in [0.1, 0.15) is 11.2 Å². The van der Waals surface area contributed by atoms with Crippen molar-refractivity contribution in [2.75, 3.05) is 0 Å². The Labute approximate surface area is 165 Å². The van der Waals surface area contributed by atoms with Crippen LogP contribution in [0, 0.1) is 0 Å². The summed E-state index contributed by atoms with van der Waals surface area (Å²) in [7, 11) is -0.372. The highest BCUT2D eigenvalue weighted by atomic mass is 16.7. The van der Waals surface area contributed by atoms with Crippen LogP contribution in [-0.2, 0) is 9.31 Å². The molecule has 4 heteroatoms. The lowest BCUT2D eigenvalue weighted by molar-refractivity contribution is 0.00578. The predicted molar refractivity (Wildman–Crippen MR) is 115 cm³/mol. The maximum Gasteiger partial charge on any atom is 0.494 e. The molecule has 1 fully saturated rings. The van der Waals surface area contributed by atoms with E-state index >= 15 is 0 Å². The topological polar surface area (TPSA) is 31.6 Å². The van der Waals surface area contributed by atoms with Crippen LogP contribution in [0.1, 0.15) is 27.7 Å². The van der Waals surface area contributed by atoms with Crippen molar-refractivity contribution in [1.82, 2.24) is 0 Å². The van der Waals surface area contributed by atoms with E-state index in [0.717, 1.165) is 33.0 Å². The highest BCUT2D eigenvalue weighted by Gasteiger charge is 2.51. The lowest BCUT2D eigenvalue weighted by Crippen LogP contribution is -2.41. The van der Waals surface area contributed by atoms with Crippen molar-refractivity contribution in [1.29, 1.82) is 0 Å². The molecule has 1 aliphatic rings. The van der Waals surface area contributed by atoms with Crippen LogP contribution in [0.15, 0.2) is 71.1 Å². The van der Waals surface area contributed by atoms with Gasteiger partial charge in [0.2, 0.25) is 0 Å². The molecule has 0 N–H and O–H groups in total. The van der Waals surface area contributed by atoms with Gasteiger partial charge in [0, 0.05) is 10.8 Å². The third kappa shape index (κ3) is 2.68. The molecule has 0 unspecified atom stereocenters. The molecule has 0 spiro atoms. The normalized spacial score (nSPS) is 18.2. The average molecular weight is 370 g/mol. The second kappa shape index (κ2) is 5.97. The van der Waals surface area contributed by atoms with E-state index in [0.29, 0.717) is 0 Å². The third-order valence-corrected chi connectivity index (χ3v) is 6.13. The van der Waals surface area contributed by atoms with Crippen LogP contribution in [-0.4, -0.2) is 18.3 Å². The minimum absolute atomic E-state index is 0.352. The lowest BCUT2D eigenvalue weighted by Gasteiger charge is -2.32. The average Bonchev–Trinajstić information content (AvgIpc) is 3.14. The first-order valence-corrected chi connectivity index (χ1v) is 9.71. The fourth-order valence-corrected chi connectivity index (χ4v) is 3.73. The molecule has 0 saturated carbocycles. The van der Waals surface area contributed by atoms with E-state index in [4.69, 9.17) is 13.7 Å². The van der Waals surface area contributed by atoms with Gasteiger partial charge >= 0.3 is 7.12 Å². The third-order valence-electron chi connectivity index (χ3n) is 6.13. The molecule has 0 radical (unpaired) electrons. The van der Waals surface area contributed by atoms with E-state index in [1.165, 1.54) is 5.56 Å². The largest absolute Gasteiger partial charge is 0.494 e. The Morgan fingerprint density at radius 3 is 2.07 bits per heavy atom.